The second kappa shape index (κ2) is 5.94. The van der Waals surface area contributed by atoms with Gasteiger partial charge in [-0.2, -0.15) is 0 Å². The summed E-state index contributed by atoms with van der Waals surface area (Å²) in [7, 11) is -4.15. The number of phosphoric ester groups is 1. The SMILES string of the molecule is CC(CO)OP(=O)(O)OCC(C)(C)CO. The summed E-state index contributed by atoms with van der Waals surface area (Å²) < 4.78 is 20.5. The molecule has 92 valence electrons. The average Bonchev–Trinajstić information content (AvgIpc) is 2.14. The lowest BCUT2D eigenvalue weighted by Gasteiger charge is -2.23. The third kappa shape index (κ3) is 7.00. The van der Waals surface area contributed by atoms with E-state index in [1.165, 1.54) is 6.92 Å². The number of hydrogen-bond acceptors (Lipinski definition) is 5. The van der Waals surface area contributed by atoms with Gasteiger partial charge in [0.15, 0.2) is 0 Å². The van der Waals surface area contributed by atoms with E-state index in [4.69, 9.17) is 10.2 Å². The minimum atomic E-state index is -4.15. The predicted molar refractivity (Wildman–Crippen MR) is 54.3 cm³/mol. The van der Waals surface area contributed by atoms with Gasteiger partial charge in [0, 0.05) is 5.41 Å². The summed E-state index contributed by atoms with van der Waals surface area (Å²) in [4.78, 5) is 9.19. The van der Waals surface area contributed by atoms with Crippen molar-refractivity contribution in [2.45, 2.75) is 26.9 Å². The highest BCUT2D eigenvalue weighted by Gasteiger charge is 2.28. The van der Waals surface area contributed by atoms with Crippen molar-refractivity contribution in [3.05, 3.63) is 0 Å². The molecular weight excluding hydrogens is 223 g/mol. The normalized spacial score (nSPS) is 18.5. The Morgan fingerprint density at radius 1 is 1.40 bits per heavy atom. The molecule has 6 nitrogen and oxygen atoms in total. The Balaban J connectivity index is 4.10. The Kier molecular flexibility index (Phi) is 5.95. The molecule has 0 aliphatic heterocycles. The molecule has 0 aromatic rings. The minimum absolute atomic E-state index is 0.102. The van der Waals surface area contributed by atoms with Gasteiger partial charge in [0.25, 0.3) is 0 Å². The van der Waals surface area contributed by atoms with Crippen molar-refractivity contribution < 1.29 is 28.7 Å². The fourth-order valence-corrected chi connectivity index (χ4v) is 1.69. The first-order valence-corrected chi connectivity index (χ1v) is 6.09. The lowest BCUT2D eigenvalue weighted by atomic mass is 9.97. The molecule has 0 aliphatic carbocycles. The summed E-state index contributed by atoms with van der Waals surface area (Å²) in [5, 5.41) is 17.5. The highest BCUT2D eigenvalue weighted by Crippen LogP contribution is 2.45. The van der Waals surface area contributed by atoms with Gasteiger partial charge in [-0.15, -0.1) is 0 Å². The summed E-state index contributed by atoms with van der Waals surface area (Å²) in [5.74, 6) is 0. The van der Waals surface area contributed by atoms with Crippen molar-refractivity contribution in [3.8, 4) is 0 Å². The zero-order valence-electron chi connectivity index (χ0n) is 9.21. The van der Waals surface area contributed by atoms with Gasteiger partial charge in [0.2, 0.25) is 0 Å². The van der Waals surface area contributed by atoms with Gasteiger partial charge in [-0.05, 0) is 6.92 Å². The van der Waals surface area contributed by atoms with Crippen LogP contribution in [0.4, 0.5) is 0 Å². The molecule has 0 heterocycles. The standard InChI is InChI=1S/C8H19O6P/c1-7(4-9)14-15(11,12)13-6-8(2,3)5-10/h7,9-10H,4-6H2,1-3H3,(H,11,12). The van der Waals surface area contributed by atoms with Gasteiger partial charge in [-0.1, -0.05) is 13.8 Å². The van der Waals surface area contributed by atoms with Gasteiger partial charge in [0.1, 0.15) is 0 Å². The molecule has 0 spiro atoms. The van der Waals surface area contributed by atoms with E-state index in [9.17, 15) is 9.46 Å². The quantitative estimate of drug-likeness (QED) is 0.563. The van der Waals surface area contributed by atoms with E-state index in [2.05, 4.69) is 9.05 Å². The van der Waals surface area contributed by atoms with Gasteiger partial charge in [-0.3, -0.25) is 9.05 Å². The van der Waals surface area contributed by atoms with Gasteiger partial charge >= 0.3 is 7.82 Å². The van der Waals surface area contributed by atoms with Crippen LogP contribution in [0.25, 0.3) is 0 Å². The molecule has 0 fully saturated rings. The summed E-state index contributed by atoms with van der Waals surface area (Å²) in [5.41, 5.74) is -0.607. The van der Waals surface area contributed by atoms with E-state index in [0.29, 0.717) is 0 Å². The lowest BCUT2D eigenvalue weighted by molar-refractivity contribution is 0.0415. The van der Waals surface area contributed by atoms with Crippen molar-refractivity contribution in [2.75, 3.05) is 19.8 Å². The third-order valence-corrected chi connectivity index (χ3v) is 2.70. The maximum absolute atomic E-state index is 11.3. The van der Waals surface area contributed by atoms with E-state index < -0.39 is 19.3 Å². The van der Waals surface area contributed by atoms with E-state index >= 15 is 0 Å². The van der Waals surface area contributed by atoms with Crippen molar-refractivity contribution in [1.29, 1.82) is 0 Å². The number of aliphatic hydroxyl groups is 2. The molecule has 2 atom stereocenters. The molecule has 0 aromatic heterocycles. The predicted octanol–water partition coefficient (Wildman–Crippen LogP) is 0.519. The van der Waals surface area contributed by atoms with Crippen molar-refractivity contribution in [3.63, 3.8) is 0 Å². The minimum Gasteiger partial charge on any atom is -0.396 e. The molecule has 2 unspecified atom stereocenters. The fraction of sp³-hybridized carbons (Fsp3) is 1.00. The van der Waals surface area contributed by atoms with Crippen LogP contribution in [0.1, 0.15) is 20.8 Å². The first-order chi connectivity index (χ1) is 6.72. The van der Waals surface area contributed by atoms with E-state index in [1.807, 2.05) is 0 Å². The summed E-state index contributed by atoms with van der Waals surface area (Å²) in [6, 6.07) is 0. The average molecular weight is 242 g/mol. The Morgan fingerprint density at radius 3 is 2.33 bits per heavy atom. The summed E-state index contributed by atoms with van der Waals surface area (Å²) >= 11 is 0. The van der Waals surface area contributed by atoms with Gasteiger partial charge < -0.3 is 15.1 Å². The van der Waals surface area contributed by atoms with Crippen LogP contribution in [0.2, 0.25) is 0 Å². The molecule has 0 saturated heterocycles. The Bertz CT molecular complexity index is 229. The lowest BCUT2D eigenvalue weighted by Crippen LogP contribution is -2.23. The second-order valence-electron chi connectivity index (χ2n) is 4.16. The van der Waals surface area contributed by atoms with Crippen LogP contribution in [0.15, 0.2) is 0 Å². The van der Waals surface area contributed by atoms with Crippen LogP contribution in [-0.4, -0.2) is 41.0 Å². The number of phosphoric acid groups is 1. The first kappa shape index (κ1) is 15.0. The molecule has 15 heavy (non-hydrogen) atoms. The molecule has 0 radical (unpaired) electrons. The summed E-state index contributed by atoms with van der Waals surface area (Å²) in [6.45, 7) is 4.18. The molecular formula is C8H19O6P. The molecule has 0 aromatic carbocycles. The number of hydrogen-bond donors (Lipinski definition) is 3. The highest BCUT2D eigenvalue weighted by atomic mass is 31.2. The molecule has 7 heteroatoms. The number of rotatable bonds is 7. The zero-order valence-corrected chi connectivity index (χ0v) is 10.1. The largest absolute Gasteiger partial charge is 0.472 e. The first-order valence-electron chi connectivity index (χ1n) is 4.60. The maximum Gasteiger partial charge on any atom is 0.472 e. The van der Waals surface area contributed by atoms with Crippen molar-refractivity contribution in [1.82, 2.24) is 0 Å². The Hall–Kier alpha value is 0.0300. The van der Waals surface area contributed by atoms with Crippen molar-refractivity contribution in [2.24, 2.45) is 5.41 Å². The molecule has 0 aliphatic rings. The van der Waals surface area contributed by atoms with Crippen LogP contribution in [-0.2, 0) is 13.6 Å². The van der Waals surface area contributed by atoms with E-state index in [1.54, 1.807) is 13.8 Å². The Morgan fingerprint density at radius 2 is 1.93 bits per heavy atom. The van der Waals surface area contributed by atoms with Crippen LogP contribution in [0.3, 0.4) is 0 Å². The third-order valence-electron chi connectivity index (χ3n) is 1.62. The summed E-state index contributed by atoms with van der Waals surface area (Å²) in [6.07, 6.45) is -0.766. The maximum atomic E-state index is 11.3. The van der Waals surface area contributed by atoms with E-state index in [-0.39, 0.29) is 19.8 Å². The van der Waals surface area contributed by atoms with Crippen LogP contribution in [0, 0.1) is 5.41 Å². The fourth-order valence-electron chi connectivity index (χ4n) is 0.593. The topological polar surface area (TPSA) is 96.2 Å². The van der Waals surface area contributed by atoms with Crippen LogP contribution in [0.5, 0.6) is 0 Å². The molecule has 0 bridgehead atoms. The van der Waals surface area contributed by atoms with Crippen LogP contribution >= 0.6 is 7.82 Å². The van der Waals surface area contributed by atoms with Crippen LogP contribution < -0.4 is 0 Å². The molecule has 0 saturated carbocycles. The molecule has 0 amide bonds. The second-order valence-corrected chi connectivity index (χ2v) is 5.57. The molecule has 3 N–H and O–H groups in total. The zero-order chi connectivity index (χ0) is 12.1. The van der Waals surface area contributed by atoms with Crippen molar-refractivity contribution >= 4 is 7.82 Å². The monoisotopic (exact) mass is 242 g/mol. The number of aliphatic hydroxyl groups excluding tert-OH is 2. The van der Waals surface area contributed by atoms with Gasteiger partial charge in [0.05, 0.1) is 25.9 Å². The van der Waals surface area contributed by atoms with E-state index in [0.717, 1.165) is 0 Å². The smallest absolute Gasteiger partial charge is 0.396 e. The Labute approximate surface area is 89.5 Å². The van der Waals surface area contributed by atoms with Gasteiger partial charge in [-0.25, -0.2) is 4.57 Å². The molecule has 0 rings (SSSR count). The highest BCUT2D eigenvalue weighted by molar-refractivity contribution is 7.47.